The van der Waals surface area contributed by atoms with Gasteiger partial charge in [0.2, 0.25) is 0 Å². The predicted molar refractivity (Wildman–Crippen MR) is 91.2 cm³/mol. The normalized spacial score (nSPS) is 11.6. The molecule has 0 fully saturated rings. The van der Waals surface area contributed by atoms with Crippen molar-refractivity contribution in [1.82, 2.24) is 19.9 Å². The van der Waals surface area contributed by atoms with Gasteiger partial charge in [0.15, 0.2) is 0 Å². The number of fused-ring (bicyclic) bond motifs is 1. The number of amides is 1. The van der Waals surface area contributed by atoms with Gasteiger partial charge in [-0.15, -0.1) is 0 Å². The lowest BCUT2D eigenvalue weighted by molar-refractivity contribution is 0.102. The second-order valence-corrected chi connectivity index (χ2v) is 6.41. The highest BCUT2D eigenvalue weighted by Gasteiger charge is 2.21. The Morgan fingerprint density at radius 1 is 1.29 bits per heavy atom. The Morgan fingerprint density at radius 2 is 2.04 bits per heavy atom. The van der Waals surface area contributed by atoms with Crippen LogP contribution in [0.2, 0.25) is 0 Å². The van der Waals surface area contributed by atoms with Crippen molar-refractivity contribution in [2.24, 2.45) is 0 Å². The Labute approximate surface area is 140 Å². The molecule has 3 heterocycles. The molecular formula is C17H21N5O2. The largest absolute Gasteiger partial charge is 0.336 e. The van der Waals surface area contributed by atoms with E-state index in [1.54, 1.807) is 23.9 Å². The number of carbonyl (C=O) groups excluding carboxylic acids is 1. The van der Waals surface area contributed by atoms with Gasteiger partial charge in [-0.3, -0.25) is 4.79 Å². The van der Waals surface area contributed by atoms with Crippen LogP contribution in [0.3, 0.4) is 0 Å². The maximum absolute atomic E-state index is 12.9. The summed E-state index contributed by atoms with van der Waals surface area (Å²) in [7, 11) is 0. The first kappa shape index (κ1) is 16.2. The van der Waals surface area contributed by atoms with Crippen LogP contribution in [0.25, 0.3) is 11.1 Å². The fourth-order valence-electron chi connectivity index (χ4n) is 2.60. The first-order chi connectivity index (χ1) is 11.4. The molecule has 0 radical (unpaired) electrons. The van der Waals surface area contributed by atoms with Crippen LogP contribution in [0.5, 0.6) is 0 Å². The van der Waals surface area contributed by atoms with E-state index in [0.717, 1.165) is 5.69 Å². The second kappa shape index (κ2) is 6.07. The highest BCUT2D eigenvalue weighted by atomic mass is 16.5. The number of pyridine rings is 1. The van der Waals surface area contributed by atoms with Crippen LogP contribution in [0.4, 0.5) is 5.82 Å². The van der Waals surface area contributed by atoms with Crippen molar-refractivity contribution in [3.05, 3.63) is 35.3 Å². The third-order valence-electron chi connectivity index (χ3n) is 3.87. The summed E-state index contributed by atoms with van der Waals surface area (Å²) in [5.41, 5.74) is 2.34. The first-order valence-electron chi connectivity index (χ1n) is 8.00. The van der Waals surface area contributed by atoms with Crippen molar-refractivity contribution in [1.29, 1.82) is 0 Å². The van der Waals surface area contributed by atoms with E-state index >= 15 is 0 Å². The molecule has 7 nitrogen and oxygen atoms in total. The van der Waals surface area contributed by atoms with Crippen LogP contribution in [0.15, 0.2) is 22.9 Å². The van der Waals surface area contributed by atoms with Gasteiger partial charge in [-0.1, -0.05) is 19.0 Å². The smallest absolute Gasteiger partial charge is 0.259 e. The molecule has 1 N–H and O–H groups in total. The van der Waals surface area contributed by atoms with Crippen molar-refractivity contribution >= 4 is 22.8 Å². The third-order valence-corrected chi connectivity index (χ3v) is 3.87. The molecule has 0 saturated heterocycles. The Kier molecular flexibility index (Phi) is 4.09. The van der Waals surface area contributed by atoms with Crippen LogP contribution >= 0.6 is 0 Å². The number of rotatable bonds is 4. The Morgan fingerprint density at radius 3 is 2.71 bits per heavy atom. The van der Waals surface area contributed by atoms with E-state index < -0.39 is 0 Å². The SMILES string of the molecule is Cc1noc2nc(C(C)C)cc(C(=O)Nc3ccnn3C(C)C)c12. The van der Waals surface area contributed by atoms with Gasteiger partial charge in [-0.25, -0.2) is 9.67 Å². The summed E-state index contributed by atoms with van der Waals surface area (Å²) in [6, 6.07) is 3.74. The fourth-order valence-corrected chi connectivity index (χ4v) is 2.60. The summed E-state index contributed by atoms with van der Waals surface area (Å²) in [5.74, 6) is 0.603. The summed E-state index contributed by atoms with van der Waals surface area (Å²) < 4.78 is 7.03. The molecule has 0 saturated carbocycles. The molecule has 0 aromatic carbocycles. The summed E-state index contributed by atoms with van der Waals surface area (Å²) in [5, 5.41) is 11.8. The monoisotopic (exact) mass is 327 g/mol. The van der Waals surface area contributed by atoms with Gasteiger partial charge in [0.1, 0.15) is 5.82 Å². The molecule has 0 unspecified atom stereocenters. The molecule has 3 rings (SSSR count). The number of nitrogens with zero attached hydrogens (tertiary/aromatic N) is 4. The highest BCUT2D eigenvalue weighted by molar-refractivity contribution is 6.12. The van der Waals surface area contributed by atoms with E-state index in [9.17, 15) is 4.79 Å². The second-order valence-electron chi connectivity index (χ2n) is 6.41. The van der Waals surface area contributed by atoms with Crippen molar-refractivity contribution < 1.29 is 9.32 Å². The van der Waals surface area contributed by atoms with Gasteiger partial charge in [0.25, 0.3) is 11.6 Å². The predicted octanol–water partition coefficient (Wildman–Crippen LogP) is 3.68. The minimum Gasteiger partial charge on any atom is -0.336 e. The summed E-state index contributed by atoms with van der Waals surface area (Å²) >= 11 is 0. The molecule has 0 aliphatic heterocycles. The molecule has 0 bridgehead atoms. The summed E-state index contributed by atoms with van der Waals surface area (Å²) in [6.45, 7) is 9.86. The lowest BCUT2D eigenvalue weighted by Crippen LogP contribution is -2.17. The van der Waals surface area contributed by atoms with Crippen LogP contribution in [0.1, 0.15) is 61.4 Å². The molecule has 1 amide bonds. The van der Waals surface area contributed by atoms with Gasteiger partial charge in [-0.2, -0.15) is 5.10 Å². The van der Waals surface area contributed by atoms with Gasteiger partial charge < -0.3 is 9.84 Å². The number of hydrogen-bond donors (Lipinski definition) is 1. The number of anilines is 1. The minimum atomic E-state index is -0.224. The minimum absolute atomic E-state index is 0.149. The Bertz CT molecular complexity index is 892. The van der Waals surface area contributed by atoms with Gasteiger partial charge in [0, 0.05) is 17.8 Å². The number of nitrogens with one attached hydrogen (secondary N) is 1. The van der Waals surface area contributed by atoms with Crippen molar-refractivity contribution in [2.45, 2.75) is 46.6 Å². The van der Waals surface area contributed by atoms with Gasteiger partial charge in [-0.05, 0) is 32.8 Å². The van der Waals surface area contributed by atoms with E-state index in [1.807, 2.05) is 33.8 Å². The van der Waals surface area contributed by atoms with Crippen LogP contribution < -0.4 is 5.32 Å². The Hall–Kier alpha value is -2.70. The van der Waals surface area contributed by atoms with Crippen molar-refractivity contribution in [3.63, 3.8) is 0 Å². The number of aromatic nitrogens is 4. The van der Waals surface area contributed by atoms with Gasteiger partial charge in [0.05, 0.1) is 22.8 Å². The Balaban J connectivity index is 2.05. The zero-order valence-electron chi connectivity index (χ0n) is 14.5. The van der Waals surface area contributed by atoms with Crippen LogP contribution in [0, 0.1) is 6.92 Å². The lowest BCUT2D eigenvalue weighted by atomic mass is 10.0. The van der Waals surface area contributed by atoms with Crippen LogP contribution in [-0.4, -0.2) is 25.8 Å². The molecule has 7 heteroatoms. The quantitative estimate of drug-likeness (QED) is 0.790. The molecule has 0 aliphatic carbocycles. The lowest BCUT2D eigenvalue weighted by Gasteiger charge is -2.13. The maximum atomic E-state index is 12.9. The maximum Gasteiger partial charge on any atom is 0.259 e. The molecule has 3 aromatic rings. The first-order valence-corrected chi connectivity index (χ1v) is 8.00. The zero-order valence-corrected chi connectivity index (χ0v) is 14.5. The topological polar surface area (TPSA) is 85.8 Å². The molecule has 0 aliphatic rings. The van der Waals surface area contributed by atoms with Crippen molar-refractivity contribution in [3.8, 4) is 0 Å². The zero-order chi connectivity index (χ0) is 17.4. The number of carbonyl (C=O) groups is 1. The van der Waals surface area contributed by atoms with E-state index in [4.69, 9.17) is 4.52 Å². The van der Waals surface area contributed by atoms with Gasteiger partial charge >= 0.3 is 0 Å². The molecule has 0 spiro atoms. The molecule has 0 atom stereocenters. The van der Waals surface area contributed by atoms with E-state index in [1.165, 1.54) is 0 Å². The third kappa shape index (κ3) is 2.77. The highest BCUT2D eigenvalue weighted by Crippen LogP contribution is 2.26. The molecule has 24 heavy (non-hydrogen) atoms. The molecular weight excluding hydrogens is 306 g/mol. The van der Waals surface area contributed by atoms with E-state index in [-0.39, 0.29) is 17.9 Å². The average molecular weight is 327 g/mol. The summed E-state index contributed by atoms with van der Waals surface area (Å²) in [4.78, 5) is 17.3. The van der Waals surface area contributed by atoms with E-state index in [2.05, 4.69) is 20.6 Å². The fraction of sp³-hybridized carbons (Fsp3) is 0.412. The average Bonchev–Trinajstić information content (AvgIpc) is 3.13. The number of aryl methyl sites for hydroxylation is 1. The van der Waals surface area contributed by atoms with E-state index in [0.29, 0.717) is 28.2 Å². The number of hydrogen-bond acceptors (Lipinski definition) is 5. The van der Waals surface area contributed by atoms with Crippen molar-refractivity contribution in [2.75, 3.05) is 5.32 Å². The van der Waals surface area contributed by atoms with Crippen LogP contribution in [-0.2, 0) is 0 Å². The standard InChI is InChI=1S/C17H21N5O2/c1-9(2)13-8-12(15-11(5)21-24-17(15)19-13)16(23)20-14-6-7-18-22(14)10(3)4/h6-10H,1-5H3,(H,20,23). The molecule has 3 aromatic heterocycles. The molecule has 126 valence electrons. The summed E-state index contributed by atoms with van der Waals surface area (Å²) in [6.07, 6.45) is 1.67.